The van der Waals surface area contributed by atoms with E-state index >= 15 is 0 Å². The van der Waals surface area contributed by atoms with Crippen molar-refractivity contribution in [2.75, 3.05) is 26.2 Å². The van der Waals surface area contributed by atoms with E-state index in [4.69, 9.17) is 0 Å². The number of rotatable bonds is 7. The van der Waals surface area contributed by atoms with Gasteiger partial charge in [-0.3, -0.25) is 14.4 Å². The van der Waals surface area contributed by atoms with Crippen LogP contribution in [0.2, 0.25) is 0 Å². The van der Waals surface area contributed by atoms with Crippen LogP contribution in [0.1, 0.15) is 40.9 Å². The summed E-state index contributed by atoms with van der Waals surface area (Å²) in [5.74, 6) is -0.213. The van der Waals surface area contributed by atoms with Gasteiger partial charge in [0.15, 0.2) is 0 Å². The van der Waals surface area contributed by atoms with E-state index in [0.717, 1.165) is 21.9 Å². The van der Waals surface area contributed by atoms with E-state index in [1.54, 1.807) is 9.80 Å². The molecule has 1 fully saturated rings. The number of hydrogen-bond donors (Lipinski definition) is 1. The molecule has 1 N–H and O–H groups in total. The van der Waals surface area contributed by atoms with Crippen LogP contribution in [0.3, 0.4) is 0 Å². The van der Waals surface area contributed by atoms with E-state index in [0.29, 0.717) is 44.6 Å². The lowest BCUT2D eigenvalue weighted by Crippen LogP contribution is -2.50. The molecule has 1 heterocycles. The van der Waals surface area contributed by atoms with E-state index in [9.17, 15) is 14.4 Å². The summed E-state index contributed by atoms with van der Waals surface area (Å²) in [6, 6.07) is 21.6. The van der Waals surface area contributed by atoms with Gasteiger partial charge in [-0.25, -0.2) is 0 Å². The molecule has 3 amide bonds. The second kappa shape index (κ2) is 11.0. The van der Waals surface area contributed by atoms with Gasteiger partial charge < -0.3 is 15.1 Å². The molecule has 4 rings (SSSR count). The number of amides is 3. The zero-order valence-electron chi connectivity index (χ0n) is 20.1. The highest BCUT2D eigenvalue weighted by Gasteiger charge is 2.23. The van der Waals surface area contributed by atoms with Gasteiger partial charge in [0.05, 0.1) is 6.04 Å². The standard InChI is InChI=1S/C29H31N3O3/c1-3-27(33)31-17-19-32(20-18-31)28(34)16-15-23-10-5-7-13-26(23)29(35)30-21(2)24-14-8-11-22-9-4-6-12-25(22)24/h3-14,21H,1,15-20H2,2H3,(H,30,35). The van der Waals surface area contributed by atoms with E-state index in [1.807, 2.05) is 55.5 Å². The Hall–Kier alpha value is -3.93. The topological polar surface area (TPSA) is 69.7 Å². The van der Waals surface area contributed by atoms with Gasteiger partial charge in [-0.15, -0.1) is 0 Å². The molecule has 0 bridgehead atoms. The van der Waals surface area contributed by atoms with Gasteiger partial charge >= 0.3 is 0 Å². The molecule has 0 aliphatic carbocycles. The number of carbonyl (C=O) groups is 3. The Kier molecular flexibility index (Phi) is 7.60. The third-order valence-corrected chi connectivity index (χ3v) is 6.63. The fourth-order valence-corrected chi connectivity index (χ4v) is 4.65. The van der Waals surface area contributed by atoms with Crippen molar-refractivity contribution in [1.82, 2.24) is 15.1 Å². The highest BCUT2D eigenvalue weighted by molar-refractivity contribution is 5.96. The first-order valence-corrected chi connectivity index (χ1v) is 12.0. The van der Waals surface area contributed by atoms with E-state index in [1.165, 1.54) is 6.08 Å². The molecule has 1 aliphatic heterocycles. The number of carbonyl (C=O) groups excluding carboxylic acids is 3. The van der Waals surface area contributed by atoms with Crippen LogP contribution in [0.4, 0.5) is 0 Å². The molecular weight excluding hydrogens is 438 g/mol. The SMILES string of the molecule is C=CC(=O)N1CCN(C(=O)CCc2ccccc2C(=O)NC(C)c2cccc3ccccc23)CC1. The number of hydrogen-bond acceptors (Lipinski definition) is 3. The Labute approximate surface area is 206 Å². The number of piperazine rings is 1. The van der Waals surface area contributed by atoms with Crippen molar-refractivity contribution < 1.29 is 14.4 Å². The summed E-state index contributed by atoms with van der Waals surface area (Å²) in [6.07, 6.45) is 2.11. The Morgan fingerprint density at radius 1 is 0.914 bits per heavy atom. The van der Waals surface area contributed by atoms with Crippen LogP contribution in [-0.2, 0) is 16.0 Å². The average molecular weight is 470 g/mol. The first kappa shape index (κ1) is 24.2. The molecule has 0 aromatic heterocycles. The maximum Gasteiger partial charge on any atom is 0.252 e. The minimum atomic E-state index is -0.169. The van der Waals surface area contributed by atoms with Crippen molar-refractivity contribution in [3.8, 4) is 0 Å². The molecule has 3 aromatic carbocycles. The highest BCUT2D eigenvalue weighted by atomic mass is 16.2. The van der Waals surface area contributed by atoms with Gasteiger partial charge in [0.2, 0.25) is 11.8 Å². The van der Waals surface area contributed by atoms with Crippen LogP contribution < -0.4 is 5.32 Å². The third-order valence-electron chi connectivity index (χ3n) is 6.63. The van der Waals surface area contributed by atoms with Gasteiger partial charge in [0, 0.05) is 38.2 Å². The smallest absolute Gasteiger partial charge is 0.252 e. The minimum Gasteiger partial charge on any atom is -0.345 e. The molecule has 1 saturated heterocycles. The van der Waals surface area contributed by atoms with Gasteiger partial charge in [-0.05, 0) is 47.4 Å². The monoisotopic (exact) mass is 469 g/mol. The molecule has 0 spiro atoms. The van der Waals surface area contributed by atoms with E-state index in [-0.39, 0.29) is 23.8 Å². The van der Waals surface area contributed by atoms with Crippen molar-refractivity contribution in [1.29, 1.82) is 0 Å². The molecular formula is C29H31N3O3. The van der Waals surface area contributed by atoms with E-state index < -0.39 is 0 Å². The van der Waals surface area contributed by atoms with Crippen LogP contribution in [-0.4, -0.2) is 53.7 Å². The van der Waals surface area contributed by atoms with Crippen molar-refractivity contribution in [2.24, 2.45) is 0 Å². The number of benzene rings is 3. The molecule has 6 nitrogen and oxygen atoms in total. The molecule has 3 aromatic rings. The molecule has 35 heavy (non-hydrogen) atoms. The molecule has 1 aliphatic rings. The van der Waals surface area contributed by atoms with Crippen molar-refractivity contribution in [2.45, 2.75) is 25.8 Å². The zero-order chi connectivity index (χ0) is 24.8. The lowest BCUT2D eigenvalue weighted by atomic mass is 9.98. The summed E-state index contributed by atoms with van der Waals surface area (Å²) in [7, 11) is 0. The fourth-order valence-electron chi connectivity index (χ4n) is 4.65. The molecule has 180 valence electrons. The second-order valence-corrected chi connectivity index (χ2v) is 8.83. The molecule has 1 unspecified atom stereocenters. The van der Waals surface area contributed by atoms with Crippen molar-refractivity contribution in [3.05, 3.63) is 96.1 Å². The van der Waals surface area contributed by atoms with Crippen molar-refractivity contribution >= 4 is 28.5 Å². The minimum absolute atomic E-state index is 0.0371. The maximum absolute atomic E-state index is 13.2. The van der Waals surface area contributed by atoms with Gasteiger partial charge in [-0.1, -0.05) is 67.2 Å². The molecule has 1 atom stereocenters. The number of nitrogens with zero attached hydrogens (tertiary/aromatic N) is 2. The largest absolute Gasteiger partial charge is 0.345 e. The summed E-state index contributed by atoms with van der Waals surface area (Å²) in [4.78, 5) is 41.2. The first-order chi connectivity index (χ1) is 17.0. The Balaban J connectivity index is 1.39. The molecule has 0 radical (unpaired) electrons. The summed E-state index contributed by atoms with van der Waals surface area (Å²) in [5, 5.41) is 5.40. The van der Waals surface area contributed by atoms with Crippen LogP contribution in [0.5, 0.6) is 0 Å². The van der Waals surface area contributed by atoms with Crippen LogP contribution in [0, 0.1) is 0 Å². The van der Waals surface area contributed by atoms with Gasteiger partial charge in [0.1, 0.15) is 0 Å². The lowest BCUT2D eigenvalue weighted by molar-refractivity contribution is -0.137. The predicted octanol–water partition coefficient (Wildman–Crippen LogP) is 4.12. The van der Waals surface area contributed by atoms with Crippen molar-refractivity contribution in [3.63, 3.8) is 0 Å². The quantitative estimate of drug-likeness (QED) is 0.529. The molecule has 6 heteroatoms. The summed E-state index contributed by atoms with van der Waals surface area (Å²) in [6.45, 7) is 7.57. The zero-order valence-corrected chi connectivity index (χ0v) is 20.1. The van der Waals surface area contributed by atoms with Gasteiger partial charge in [-0.2, -0.15) is 0 Å². The first-order valence-electron chi connectivity index (χ1n) is 12.0. The average Bonchev–Trinajstić information content (AvgIpc) is 2.91. The Morgan fingerprint density at radius 2 is 1.57 bits per heavy atom. The Bertz CT molecular complexity index is 1240. The number of nitrogens with one attached hydrogen (secondary N) is 1. The highest BCUT2D eigenvalue weighted by Crippen LogP contribution is 2.24. The predicted molar refractivity (Wildman–Crippen MR) is 138 cm³/mol. The summed E-state index contributed by atoms with van der Waals surface area (Å²) in [5.41, 5.74) is 2.51. The third kappa shape index (κ3) is 5.60. The molecule has 0 saturated carbocycles. The second-order valence-electron chi connectivity index (χ2n) is 8.83. The number of fused-ring (bicyclic) bond motifs is 1. The Morgan fingerprint density at radius 3 is 2.34 bits per heavy atom. The fraction of sp³-hybridized carbons (Fsp3) is 0.276. The number of aryl methyl sites for hydroxylation is 1. The van der Waals surface area contributed by atoms with Crippen LogP contribution >= 0.6 is 0 Å². The van der Waals surface area contributed by atoms with Crippen LogP contribution in [0.25, 0.3) is 10.8 Å². The van der Waals surface area contributed by atoms with Crippen LogP contribution in [0.15, 0.2) is 79.4 Å². The summed E-state index contributed by atoms with van der Waals surface area (Å²) >= 11 is 0. The maximum atomic E-state index is 13.2. The van der Waals surface area contributed by atoms with Gasteiger partial charge in [0.25, 0.3) is 5.91 Å². The normalized spacial score (nSPS) is 14.4. The lowest BCUT2D eigenvalue weighted by Gasteiger charge is -2.34. The van der Waals surface area contributed by atoms with E-state index in [2.05, 4.69) is 30.1 Å². The summed E-state index contributed by atoms with van der Waals surface area (Å²) < 4.78 is 0.